The van der Waals surface area contributed by atoms with Crippen LogP contribution in [0.1, 0.15) is 18.1 Å². The third kappa shape index (κ3) is 3.58. The maximum Gasteiger partial charge on any atom is 0.295 e. The van der Waals surface area contributed by atoms with E-state index in [9.17, 15) is 4.79 Å². The smallest absolute Gasteiger partial charge is 0.295 e. The fourth-order valence-electron chi connectivity index (χ4n) is 3.14. The maximum absolute atomic E-state index is 13.2. The predicted molar refractivity (Wildman–Crippen MR) is 110 cm³/mol. The number of nitrogens with zero attached hydrogens (tertiary/aromatic N) is 3. The number of aryl methyl sites for hydroxylation is 2. The summed E-state index contributed by atoms with van der Waals surface area (Å²) in [4.78, 5) is 15.2. The summed E-state index contributed by atoms with van der Waals surface area (Å²) in [6.45, 7) is 6.74. The molecule has 0 aliphatic carbocycles. The summed E-state index contributed by atoms with van der Waals surface area (Å²) >= 11 is 0. The Hall–Kier alpha value is -3.08. The first-order chi connectivity index (χ1) is 13.0. The Labute approximate surface area is 159 Å². The number of aromatic nitrogens is 2. The topological polar surface area (TPSA) is 47.4 Å². The van der Waals surface area contributed by atoms with Crippen LogP contribution in [0.5, 0.6) is 5.75 Å². The number of rotatable bonds is 5. The Morgan fingerprint density at radius 3 is 2.37 bits per heavy atom. The first-order valence-electron chi connectivity index (χ1n) is 9.02. The Bertz CT molecular complexity index is 1000. The molecule has 3 aromatic rings. The zero-order valence-electron chi connectivity index (χ0n) is 16.5. The van der Waals surface area contributed by atoms with E-state index in [0.29, 0.717) is 5.69 Å². The Kier molecular flexibility index (Phi) is 5.31. The van der Waals surface area contributed by atoms with Gasteiger partial charge in [0.25, 0.3) is 5.56 Å². The molecule has 0 saturated carbocycles. The molecule has 0 amide bonds. The van der Waals surface area contributed by atoms with Crippen molar-refractivity contribution in [3.63, 3.8) is 0 Å². The van der Waals surface area contributed by atoms with Crippen molar-refractivity contribution in [3.05, 3.63) is 70.0 Å². The van der Waals surface area contributed by atoms with Gasteiger partial charge in [-0.15, -0.1) is 0 Å². The van der Waals surface area contributed by atoms with E-state index in [-0.39, 0.29) is 5.56 Å². The van der Waals surface area contributed by atoms with Gasteiger partial charge in [0.2, 0.25) is 0 Å². The highest BCUT2D eigenvalue weighted by atomic mass is 16.5. The largest absolute Gasteiger partial charge is 0.497 e. The minimum absolute atomic E-state index is 0.122. The normalized spacial score (nSPS) is 10.7. The van der Waals surface area contributed by atoms with Crippen LogP contribution in [-0.2, 0) is 0 Å². The van der Waals surface area contributed by atoms with E-state index in [0.717, 1.165) is 40.4 Å². The molecule has 0 spiro atoms. The van der Waals surface area contributed by atoms with Crippen LogP contribution < -0.4 is 15.2 Å². The van der Waals surface area contributed by atoms with Gasteiger partial charge in [-0.3, -0.25) is 4.79 Å². The van der Waals surface area contributed by atoms with E-state index in [1.807, 2.05) is 81.2 Å². The van der Waals surface area contributed by atoms with Crippen LogP contribution in [-0.4, -0.2) is 30.5 Å². The zero-order valence-corrected chi connectivity index (χ0v) is 16.5. The number of hydrogen-bond acceptors (Lipinski definition) is 4. The Balaban J connectivity index is 2.32. The quantitative estimate of drug-likeness (QED) is 0.688. The van der Waals surface area contributed by atoms with Crippen molar-refractivity contribution in [1.29, 1.82) is 0 Å². The monoisotopic (exact) mass is 363 g/mol. The van der Waals surface area contributed by atoms with Gasteiger partial charge in [0.1, 0.15) is 11.4 Å². The molecule has 0 atom stereocenters. The van der Waals surface area contributed by atoms with Gasteiger partial charge in [-0.1, -0.05) is 30.3 Å². The van der Waals surface area contributed by atoms with E-state index in [4.69, 9.17) is 9.84 Å². The van der Waals surface area contributed by atoms with Crippen molar-refractivity contribution >= 4 is 5.69 Å². The molecule has 5 nitrogen and oxygen atoms in total. The third-order valence-electron chi connectivity index (χ3n) is 4.80. The average Bonchev–Trinajstić information content (AvgIpc) is 2.68. The van der Waals surface area contributed by atoms with Crippen LogP contribution in [0.3, 0.4) is 0 Å². The fraction of sp³-hybridized carbons (Fsp3) is 0.273. The summed E-state index contributed by atoms with van der Waals surface area (Å²) in [5, 5.41) is 4.71. The summed E-state index contributed by atoms with van der Waals surface area (Å²) in [7, 11) is 3.56. The second-order valence-electron chi connectivity index (χ2n) is 6.62. The van der Waals surface area contributed by atoms with Crippen LogP contribution in [0.2, 0.25) is 0 Å². The molecule has 0 aliphatic heterocycles. The van der Waals surface area contributed by atoms with Crippen molar-refractivity contribution in [1.82, 2.24) is 9.78 Å². The van der Waals surface area contributed by atoms with E-state index < -0.39 is 0 Å². The maximum atomic E-state index is 13.2. The zero-order chi connectivity index (χ0) is 19.6. The lowest BCUT2D eigenvalue weighted by Crippen LogP contribution is -2.31. The summed E-state index contributed by atoms with van der Waals surface area (Å²) in [6.07, 6.45) is 0. The number of benzene rings is 2. The minimum atomic E-state index is -0.122. The molecule has 0 bridgehead atoms. The molecular weight excluding hydrogens is 338 g/mol. The van der Waals surface area contributed by atoms with Crippen LogP contribution in [0.25, 0.3) is 16.9 Å². The minimum Gasteiger partial charge on any atom is -0.497 e. The number of anilines is 1. The molecule has 0 radical (unpaired) electrons. The SMILES string of the molecule is CCN(C)c1cc(-c2cccc(OC)c2)nn(-c2c(C)cccc2C)c1=O. The van der Waals surface area contributed by atoms with Crippen LogP contribution in [0, 0.1) is 13.8 Å². The lowest BCUT2D eigenvalue weighted by molar-refractivity contribution is 0.415. The van der Waals surface area contributed by atoms with E-state index >= 15 is 0 Å². The number of para-hydroxylation sites is 1. The average molecular weight is 363 g/mol. The Morgan fingerprint density at radius 2 is 1.74 bits per heavy atom. The van der Waals surface area contributed by atoms with Gasteiger partial charge < -0.3 is 9.64 Å². The van der Waals surface area contributed by atoms with E-state index in [1.165, 1.54) is 4.68 Å². The lowest BCUT2D eigenvalue weighted by Gasteiger charge is -2.20. The molecular formula is C22H25N3O2. The standard InChI is InChI=1S/C22H25N3O2/c1-6-24(4)20-14-19(17-11-8-12-18(13-17)27-5)23-25(22(20)26)21-15(2)9-7-10-16(21)3/h7-14H,6H2,1-5H3. The van der Waals surface area contributed by atoms with Gasteiger partial charge in [-0.2, -0.15) is 9.78 Å². The highest BCUT2D eigenvalue weighted by Crippen LogP contribution is 2.25. The van der Waals surface area contributed by atoms with Crippen molar-refractivity contribution in [2.24, 2.45) is 0 Å². The molecule has 0 aliphatic rings. The van der Waals surface area contributed by atoms with Crippen LogP contribution in [0.4, 0.5) is 5.69 Å². The molecule has 0 fully saturated rings. The predicted octanol–water partition coefficient (Wildman–Crippen LogP) is 3.98. The number of methoxy groups -OCH3 is 1. The second-order valence-corrected chi connectivity index (χ2v) is 6.62. The molecule has 1 aromatic heterocycles. The highest BCUT2D eigenvalue weighted by molar-refractivity contribution is 5.66. The van der Waals surface area contributed by atoms with Gasteiger partial charge in [0, 0.05) is 19.2 Å². The van der Waals surface area contributed by atoms with E-state index in [2.05, 4.69) is 0 Å². The molecule has 0 saturated heterocycles. The fourth-order valence-corrected chi connectivity index (χ4v) is 3.14. The van der Waals surface area contributed by atoms with Crippen LogP contribution in [0.15, 0.2) is 53.3 Å². The van der Waals surface area contributed by atoms with Crippen molar-refractivity contribution < 1.29 is 4.74 Å². The summed E-state index contributed by atoms with van der Waals surface area (Å²) in [6, 6.07) is 15.6. The van der Waals surface area contributed by atoms with Crippen molar-refractivity contribution in [3.8, 4) is 22.7 Å². The van der Waals surface area contributed by atoms with Crippen molar-refractivity contribution in [2.75, 3.05) is 25.6 Å². The third-order valence-corrected chi connectivity index (χ3v) is 4.80. The molecule has 3 rings (SSSR count). The van der Waals surface area contributed by atoms with Gasteiger partial charge in [0.05, 0.1) is 18.5 Å². The molecule has 5 heteroatoms. The van der Waals surface area contributed by atoms with Gasteiger partial charge in [0.15, 0.2) is 0 Å². The van der Waals surface area contributed by atoms with Gasteiger partial charge >= 0.3 is 0 Å². The van der Waals surface area contributed by atoms with Gasteiger partial charge in [-0.05, 0) is 50.1 Å². The van der Waals surface area contributed by atoms with Crippen molar-refractivity contribution in [2.45, 2.75) is 20.8 Å². The Morgan fingerprint density at radius 1 is 1.07 bits per heavy atom. The summed E-state index contributed by atoms with van der Waals surface area (Å²) in [5.74, 6) is 0.754. The molecule has 2 aromatic carbocycles. The molecule has 140 valence electrons. The van der Waals surface area contributed by atoms with E-state index in [1.54, 1.807) is 7.11 Å². The molecule has 27 heavy (non-hydrogen) atoms. The molecule has 0 unspecified atom stereocenters. The number of hydrogen-bond donors (Lipinski definition) is 0. The second kappa shape index (κ2) is 7.66. The molecule has 1 heterocycles. The summed E-state index contributed by atoms with van der Waals surface area (Å²) in [5.41, 5.74) is 4.98. The number of ether oxygens (including phenoxy) is 1. The highest BCUT2D eigenvalue weighted by Gasteiger charge is 2.16. The first-order valence-corrected chi connectivity index (χ1v) is 9.02. The lowest BCUT2D eigenvalue weighted by atomic mass is 10.1. The first kappa shape index (κ1) is 18.7. The summed E-state index contributed by atoms with van der Waals surface area (Å²) < 4.78 is 6.87. The van der Waals surface area contributed by atoms with Crippen LogP contribution >= 0.6 is 0 Å². The molecule has 0 N–H and O–H groups in total. The van der Waals surface area contributed by atoms with Gasteiger partial charge in [-0.25, -0.2) is 0 Å².